The van der Waals surface area contributed by atoms with E-state index in [1.54, 1.807) is 13.8 Å². The second-order valence-corrected chi connectivity index (χ2v) is 3.77. The van der Waals surface area contributed by atoms with Gasteiger partial charge in [-0.25, -0.2) is 0 Å². The molecule has 3 nitrogen and oxygen atoms in total. The van der Waals surface area contributed by atoms with E-state index in [-0.39, 0.29) is 0 Å². The van der Waals surface area contributed by atoms with Crippen LogP contribution in [0.15, 0.2) is 0 Å². The Labute approximate surface area is 58.1 Å². The Kier molecular flexibility index (Phi) is 3.32. The smallest absolute Gasteiger partial charge is 0.0755 e. The highest BCUT2D eigenvalue weighted by molar-refractivity contribution is 7.80. The van der Waals surface area contributed by atoms with Crippen LogP contribution in [0.25, 0.3) is 0 Å². The Morgan fingerprint density at radius 1 is 1.67 bits per heavy atom. The summed E-state index contributed by atoms with van der Waals surface area (Å²) in [5.74, 6) is 0. The minimum absolute atomic E-state index is 0.668. The van der Waals surface area contributed by atoms with Gasteiger partial charge in [-0.3, -0.25) is 4.21 Å². The average molecular weight is 150 g/mol. The number of rotatable bonds is 3. The van der Waals surface area contributed by atoms with E-state index in [1.165, 1.54) is 0 Å². The van der Waals surface area contributed by atoms with E-state index in [2.05, 4.69) is 5.32 Å². The van der Waals surface area contributed by atoms with E-state index < -0.39 is 16.0 Å². The third-order valence-corrected chi connectivity index (χ3v) is 2.00. The molecule has 1 atom stereocenters. The summed E-state index contributed by atoms with van der Waals surface area (Å²) in [6.07, 6.45) is 0. The molecular formula is C5H12NO2S-. The normalized spacial score (nSPS) is 15.6. The molecule has 4 heteroatoms. The van der Waals surface area contributed by atoms with E-state index >= 15 is 0 Å². The summed E-state index contributed by atoms with van der Waals surface area (Å²) < 4.78 is 20.7. The minimum Gasteiger partial charge on any atom is -0.771 e. The van der Waals surface area contributed by atoms with Crippen LogP contribution in [0.5, 0.6) is 0 Å². The van der Waals surface area contributed by atoms with Gasteiger partial charge in [-0.15, -0.1) is 0 Å². The molecule has 0 bridgehead atoms. The van der Waals surface area contributed by atoms with Crippen molar-refractivity contribution in [2.75, 3.05) is 6.54 Å². The van der Waals surface area contributed by atoms with Crippen LogP contribution >= 0.6 is 0 Å². The van der Waals surface area contributed by atoms with E-state index in [0.717, 1.165) is 0 Å². The fourth-order valence-electron chi connectivity index (χ4n) is 0.485. The summed E-state index contributed by atoms with van der Waals surface area (Å²) >= 11 is -2.04. The van der Waals surface area contributed by atoms with Gasteiger partial charge < -0.3 is 9.87 Å². The summed E-state index contributed by atoms with van der Waals surface area (Å²) in [5, 5.41) is 2.81. The van der Waals surface area contributed by atoms with E-state index in [4.69, 9.17) is 0 Å². The van der Waals surface area contributed by atoms with Crippen molar-refractivity contribution in [2.45, 2.75) is 25.6 Å². The Bertz CT molecular complexity index is 114. The highest BCUT2D eigenvalue weighted by Gasteiger charge is 2.15. The fourth-order valence-corrected chi connectivity index (χ4v) is 0.747. The van der Waals surface area contributed by atoms with Gasteiger partial charge in [0.15, 0.2) is 0 Å². The van der Waals surface area contributed by atoms with Crippen molar-refractivity contribution >= 4 is 11.1 Å². The zero-order valence-electron chi connectivity index (χ0n) is 5.93. The third-order valence-electron chi connectivity index (χ3n) is 1.02. The van der Waals surface area contributed by atoms with Gasteiger partial charge in [0.1, 0.15) is 0 Å². The molecule has 9 heavy (non-hydrogen) atoms. The van der Waals surface area contributed by atoms with Crippen LogP contribution in [0.1, 0.15) is 20.8 Å². The predicted octanol–water partition coefficient (Wildman–Crippen LogP) is 0.211. The molecular weight excluding hydrogens is 138 g/mol. The van der Waals surface area contributed by atoms with Crippen LogP contribution in [-0.4, -0.2) is 20.2 Å². The second-order valence-electron chi connectivity index (χ2n) is 2.28. The summed E-state index contributed by atoms with van der Waals surface area (Å²) in [4.78, 5) is -0.783. The van der Waals surface area contributed by atoms with Crippen molar-refractivity contribution in [1.29, 1.82) is 0 Å². The molecule has 0 aliphatic rings. The lowest BCUT2D eigenvalue weighted by Gasteiger charge is -2.27. The number of hydrogen-bond acceptors (Lipinski definition) is 3. The Morgan fingerprint density at radius 3 is 2.22 bits per heavy atom. The lowest BCUT2D eigenvalue weighted by molar-refractivity contribution is 0.455. The summed E-state index contributed by atoms with van der Waals surface area (Å²) in [5.41, 5.74) is 0. The Hall–Kier alpha value is 0.0700. The molecule has 0 aliphatic heterocycles. The monoisotopic (exact) mass is 150 g/mol. The molecule has 0 spiro atoms. The maximum atomic E-state index is 10.3. The van der Waals surface area contributed by atoms with Crippen LogP contribution in [0.4, 0.5) is 0 Å². The van der Waals surface area contributed by atoms with Gasteiger partial charge >= 0.3 is 0 Å². The van der Waals surface area contributed by atoms with E-state index in [9.17, 15) is 8.76 Å². The molecule has 0 aromatic carbocycles. The van der Waals surface area contributed by atoms with Crippen molar-refractivity contribution in [3.8, 4) is 0 Å². The first-order valence-corrected chi connectivity index (χ1v) is 3.92. The second kappa shape index (κ2) is 3.29. The van der Waals surface area contributed by atoms with Gasteiger partial charge in [0.25, 0.3) is 0 Å². The summed E-state index contributed by atoms with van der Waals surface area (Å²) in [6.45, 7) is 5.79. The first-order chi connectivity index (χ1) is 4.00. The molecule has 56 valence electrons. The summed E-state index contributed by atoms with van der Waals surface area (Å²) in [7, 11) is 0. The SMILES string of the molecule is CCNC(C)(C)S(=O)[O-]. The van der Waals surface area contributed by atoms with Crippen molar-refractivity contribution in [2.24, 2.45) is 0 Å². The molecule has 1 N–H and O–H groups in total. The van der Waals surface area contributed by atoms with Crippen molar-refractivity contribution < 1.29 is 8.76 Å². The van der Waals surface area contributed by atoms with Crippen LogP contribution in [0.2, 0.25) is 0 Å². The molecule has 0 saturated heterocycles. The molecule has 1 unspecified atom stereocenters. The molecule has 0 rings (SSSR count). The third kappa shape index (κ3) is 2.93. The predicted molar refractivity (Wildman–Crippen MR) is 36.7 cm³/mol. The van der Waals surface area contributed by atoms with E-state index in [0.29, 0.717) is 6.54 Å². The lowest BCUT2D eigenvalue weighted by Crippen LogP contribution is -2.42. The molecule has 0 heterocycles. The maximum absolute atomic E-state index is 10.3. The standard InChI is InChI=1S/C5H13NO2S/c1-4-6-5(2,3)9(7)8/h6H,4H2,1-3H3,(H,7,8)/p-1. The Balaban J connectivity index is 3.85. The molecule has 0 amide bonds. The van der Waals surface area contributed by atoms with Crippen LogP contribution in [-0.2, 0) is 11.1 Å². The average Bonchev–Trinajstić information content (AvgIpc) is 1.65. The van der Waals surface area contributed by atoms with Crippen molar-refractivity contribution in [1.82, 2.24) is 5.32 Å². The first-order valence-electron chi connectivity index (χ1n) is 2.85. The van der Waals surface area contributed by atoms with Crippen LogP contribution in [0, 0.1) is 0 Å². The fraction of sp³-hybridized carbons (Fsp3) is 1.00. The van der Waals surface area contributed by atoms with Gasteiger partial charge in [0.2, 0.25) is 0 Å². The number of nitrogens with one attached hydrogen (secondary N) is 1. The van der Waals surface area contributed by atoms with Gasteiger partial charge in [-0.2, -0.15) is 0 Å². The van der Waals surface area contributed by atoms with Crippen LogP contribution < -0.4 is 5.32 Å². The van der Waals surface area contributed by atoms with Crippen molar-refractivity contribution in [3.05, 3.63) is 0 Å². The zero-order chi connectivity index (χ0) is 7.49. The first kappa shape index (κ1) is 9.07. The molecule has 0 aromatic rings. The Morgan fingerprint density at radius 2 is 2.11 bits per heavy atom. The van der Waals surface area contributed by atoms with Crippen LogP contribution in [0.3, 0.4) is 0 Å². The molecule has 0 fully saturated rings. The molecule has 0 aliphatic carbocycles. The molecule has 0 saturated carbocycles. The van der Waals surface area contributed by atoms with Gasteiger partial charge in [0.05, 0.1) is 4.87 Å². The van der Waals surface area contributed by atoms with Gasteiger partial charge in [0, 0.05) is 0 Å². The maximum Gasteiger partial charge on any atom is 0.0755 e. The highest BCUT2D eigenvalue weighted by Crippen LogP contribution is 2.04. The minimum atomic E-state index is -2.04. The lowest BCUT2D eigenvalue weighted by atomic mass is 10.4. The van der Waals surface area contributed by atoms with E-state index in [1.807, 2.05) is 6.92 Å². The number of hydrogen-bond donors (Lipinski definition) is 1. The summed E-state index contributed by atoms with van der Waals surface area (Å²) in [6, 6.07) is 0. The molecule has 0 aromatic heterocycles. The van der Waals surface area contributed by atoms with Gasteiger partial charge in [-0.1, -0.05) is 6.92 Å². The topological polar surface area (TPSA) is 52.2 Å². The molecule has 0 radical (unpaired) electrons. The van der Waals surface area contributed by atoms with Gasteiger partial charge in [-0.05, 0) is 31.5 Å². The quantitative estimate of drug-likeness (QED) is 0.585. The highest BCUT2D eigenvalue weighted by atomic mass is 32.2. The largest absolute Gasteiger partial charge is 0.771 e. The zero-order valence-corrected chi connectivity index (χ0v) is 6.75. The van der Waals surface area contributed by atoms with Crippen molar-refractivity contribution in [3.63, 3.8) is 0 Å².